The molecule has 0 aromatic heterocycles. The molecule has 0 spiro atoms. The molecule has 2 aromatic carbocycles. The maximum atomic E-state index is 11.7. The highest BCUT2D eigenvalue weighted by Crippen LogP contribution is 2.32. The molecule has 0 heterocycles. The summed E-state index contributed by atoms with van der Waals surface area (Å²) in [6, 6.07) is 13.0. The van der Waals surface area contributed by atoms with E-state index in [2.05, 4.69) is 0 Å². The van der Waals surface area contributed by atoms with Gasteiger partial charge < -0.3 is 10.0 Å². The number of fused-ring (bicyclic) bond motifs is 1. The van der Waals surface area contributed by atoms with Gasteiger partial charge >= 0.3 is 5.97 Å². The summed E-state index contributed by atoms with van der Waals surface area (Å²) in [6.45, 7) is 1.53. The summed E-state index contributed by atoms with van der Waals surface area (Å²) >= 11 is 0. The van der Waals surface area contributed by atoms with Crippen molar-refractivity contribution in [3.8, 4) is 0 Å². The van der Waals surface area contributed by atoms with Crippen LogP contribution in [0.3, 0.4) is 0 Å². The van der Waals surface area contributed by atoms with Crippen LogP contribution in [0, 0.1) is 0 Å². The summed E-state index contributed by atoms with van der Waals surface area (Å²) in [5.41, 5.74) is -0.782. The third-order valence-corrected chi connectivity index (χ3v) is 3.59. The summed E-state index contributed by atoms with van der Waals surface area (Å²) < 4.78 is 0. The lowest BCUT2D eigenvalue weighted by molar-refractivity contribution is -0.153. The van der Waals surface area contributed by atoms with Crippen LogP contribution in [0.2, 0.25) is 0 Å². The molecule has 1 amide bonds. The van der Waals surface area contributed by atoms with E-state index in [0.717, 1.165) is 10.8 Å². The number of amides is 1. The van der Waals surface area contributed by atoms with Crippen LogP contribution < -0.4 is 0 Å². The topological polar surface area (TPSA) is 57.6 Å². The number of rotatable bonds is 4. The van der Waals surface area contributed by atoms with Gasteiger partial charge in [-0.1, -0.05) is 42.5 Å². The number of carbonyl (C=O) groups excluding carboxylic acids is 1. The van der Waals surface area contributed by atoms with E-state index in [0.29, 0.717) is 12.0 Å². The Hall–Kier alpha value is -2.36. The van der Waals surface area contributed by atoms with Crippen LogP contribution in [0.15, 0.2) is 42.5 Å². The summed E-state index contributed by atoms with van der Waals surface area (Å²) in [6.07, 6.45) is 0.538. The van der Waals surface area contributed by atoms with Gasteiger partial charge in [0.1, 0.15) is 0 Å². The molecule has 0 aliphatic rings. The number of benzene rings is 2. The largest absolute Gasteiger partial charge is 0.479 e. The van der Waals surface area contributed by atoms with Crippen molar-refractivity contribution in [2.24, 2.45) is 0 Å². The highest BCUT2D eigenvalue weighted by molar-refractivity contribution is 5.93. The summed E-state index contributed by atoms with van der Waals surface area (Å²) in [5, 5.41) is 11.3. The minimum absolute atomic E-state index is 0.538. The van der Waals surface area contributed by atoms with Crippen molar-refractivity contribution in [1.82, 2.24) is 4.90 Å². The second-order valence-corrected chi connectivity index (χ2v) is 4.62. The van der Waals surface area contributed by atoms with Gasteiger partial charge in [-0.3, -0.25) is 4.79 Å². The Balaban J connectivity index is 2.77. The number of hydrogen-bond donors (Lipinski definition) is 1. The Morgan fingerprint density at radius 3 is 2.47 bits per heavy atom. The molecule has 1 unspecified atom stereocenters. The maximum absolute atomic E-state index is 11.7. The number of likely N-dealkylation sites (N-methyl/N-ethyl adjacent to an activating group) is 1. The first-order chi connectivity index (χ1) is 9.01. The second-order valence-electron chi connectivity index (χ2n) is 4.62. The first-order valence-corrected chi connectivity index (χ1v) is 5.91. The van der Waals surface area contributed by atoms with E-state index >= 15 is 0 Å². The van der Waals surface area contributed by atoms with E-state index in [4.69, 9.17) is 0 Å². The molecule has 0 fully saturated rings. The third kappa shape index (κ3) is 1.95. The van der Waals surface area contributed by atoms with Gasteiger partial charge in [0.15, 0.2) is 5.54 Å². The maximum Gasteiger partial charge on any atom is 0.334 e. The molecule has 4 heteroatoms. The van der Waals surface area contributed by atoms with Crippen LogP contribution in [0.5, 0.6) is 0 Å². The van der Waals surface area contributed by atoms with E-state index in [1.165, 1.54) is 18.9 Å². The lowest BCUT2D eigenvalue weighted by Gasteiger charge is -2.33. The van der Waals surface area contributed by atoms with Gasteiger partial charge in [-0.2, -0.15) is 0 Å². The number of carboxylic acids is 1. The van der Waals surface area contributed by atoms with Crippen molar-refractivity contribution >= 4 is 23.2 Å². The van der Waals surface area contributed by atoms with Gasteiger partial charge in [-0.15, -0.1) is 0 Å². The smallest absolute Gasteiger partial charge is 0.334 e. The molecule has 0 aliphatic heterocycles. The van der Waals surface area contributed by atoms with Crippen molar-refractivity contribution in [3.05, 3.63) is 48.0 Å². The van der Waals surface area contributed by atoms with Gasteiger partial charge in [0.2, 0.25) is 6.41 Å². The van der Waals surface area contributed by atoms with E-state index in [1.807, 2.05) is 30.3 Å². The first-order valence-electron chi connectivity index (χ1n) is 5.91. The highest BCUT2D eigenvalue weighted by atomic mass is 16.4. The number of aliphatic carboxylic acids is 1. The number of carboxylic acid groups (broad SMARTS) is 1. The molecule has 0 saturated carbocycles. The quantitative estimate of drug-likeness (QED) is 0.854. The SMILES string of the molecule is CN(C=O)C(C)(C(=O)O)c1cccc2ccccc12. The molecule has 2 rings (SSSR count). The molecule has 1 N–H and O–H groups in total. The molecule has 0 radical (unpaired) electrons. The Labute approximate surface area is 111 Å². The van der Waals surface area contributed by atoms with Crippen molar-refractivity contribution < 1.29 is 14.7 Å². The fraction of sp³-hybridized carbons (Fsp3) is 0.200. The zero-order chi connectivity index (χ0) is 14.0. The minimum atomic E-state index is -1.39. The predicted molar refractivity (Wildman–Crippen MR) is 72.8 cm³/mol. The Morgan fingerprint density at radius 2 is 1.84 bits per heavy atom. The van der Waals surface area contributed by atoms with Crippen LogP contribution in [-0.4, -0.2) is 29.4 Å². The van der Waals surface area contributed by atoms with Crippen molar-refractivity contribution in [3.63, 3.8) is 0 Å². The minimum Gasteiger partial charge on any atom is -0.479 e. The van der Waals surface area contributed by atoms with Crippen molar-refractivity contribution in [2.45, 2.75) is 12.5 Å². The zero-order valence-corrected chi connectivity index (χ0v) is 10.8. The number of hydrogen-bond acceptors (Lipinski definition) is 2. The molecule has 19 heavy (non-hydrogen) atoms. The molecule has 0 aliphatic carbocycles. The standard InChI is InChI=1S/C15H15NO3/c1-15(14(18)19,16(2)10-17)13-9-5-7-11-6-3-4-8-12(11)13/h3-10H,1-2H3,(H,18,19). The van der Waals surface area contributed by atoms with Crippen LogP contribution in [0.25, 0.3) is 10.8 Å². The Kier molecular flexibility index (Phi) is 3.25. The zero-order valence-electron chi connectivity index (χ0n) is 10.8. The van der Waals surface area contributed by atoms with Gasteiger partial charge in [0.05, 0.1) is 0 Å². The van der Waals surface area contributed by atoms with E-state index in [-0.39, 0.29) is 0 Å². The third-order valence-electron chi connectivity index (χ3n) is 3.59. The number of nitrogens with zero attached hydrogens (tertiary/aromatic N) is 1. The fourth-order valence-electron chi connectivity index (χ4n) is 2.21. The monoisotopic (exact) mass is 257 g/mol. The fourth-order valence-corrected chi connectivity index (χ4v) is 2.21. The van der Waals surface area contributed by atoms with Crippen LogP contribution in [-0.2, 0) is 15.1 Å². The van der Waals surface area contributed by atoms with E-state index < -0.39 is 11.5 Å². The van der Waals surface area contributed by atoms with Crippen molar-refractivity contribution in [2.75, 3.05) is 7.05 Å². The molecule has 0 bridgehead atoms. The average Bonchev–Trinajstić information content (AvgIpc) is 2.44. The molecular formula is C15H15NO3. The highest BCUT2D eigenvalue weighted by Gasteiger charge is 2.40. The molecular weight excluding hydrogens is 242 g/mol. The van der Waals surface area contributed by atoms with Gasteiger partial charge in [0.25, 0.3) is 0 Å². The lowest BCUT2D eigenvalue weighted by Crippen LogP contribution is -2.47. The van der Waals surface area contributed by atoms with Gasteiger partial charge in [-0.05, 0) is 23.3 Å². The normalized spacial score (nSPS) is 13.8. The van der Waals surface area contributed by atoms with Gasteiger partial charge in [-0.25, -0.2) is 4.79 Å². The number of carbonyl (C=O) groups is 2. The molecule has 2 aromatic rings. The predicted octanol–water partition coefficient (Wildman–Crippen LogP) is 2.23. The molecule has 4 nitrogen and oxygen atoms in total. The van der Waals surface area contributed by atoms with Crippen molar-refractivity contribution in [1.29, 1.82) is 0 Å². The van der Waals surface area contributed by atoms with E-state index in [9.17, 15) is 14.7 Å². The first kappa shape index (κ1) is 13.1. The lowest BCUT2D eigenvalue weighted by atomic mass is 9.87. The second kappa shape index (κ2) is 4.72. The molecule has 98 valence electrons. The van der Waals surface area contributed by atoms with Crippen LogP contribution >= 0.6 is 0 Å². The molecule has 0 saturated heterocycles. The Morgan fingerprint density at radius 1 is 1.21 bits per heavy atom. The molecule has 1 atom stereocenters. The van der Waals surface area contributed by atoms with E-state index in [1.54, 1.807) is 12.1 Å². The van der Waals surface area contributed by atoms with Crippen LogP contribution in [0.1, 0.15) is 12.5 Å². The summed E-state index contributed by atoms with van der Waals surface area (Å²) in [7, 11) is 1.48. The average molecular weight is 257 g/mol. The Bertz CT molecular complexity index is 633. The van der Waals surface area contributed by atoms with Gasteiger partial charge in [0, 0.05) is 7.05 Å². The summed E-state index contributed by atoms with van der Waals surface area (Å²) in [4.78, 5) is 23.9. The summed E-state index contributed by atoms with van der Waals surface area (Å²) in [5.74, 6) is -1.06. The van der Waals surface area contributed by atoms with Crippen LogP contribution in [0.4, 0.5) is 0 Å².